The molecule has 12 rings (SSSR count). The zero-order valence-electron chi connectivity index (χ0n) is 35.3. The molecule has 0 unspecified atom stereocenters. The molecule has 1 nitrogen and oxygen atoms in total. The molecule has 0 N–H and O–H groups in total. The van der Waals surface area contributed by atoms with Crippen LogP contribution in [0.15, 0.2) is 261 Å². The molecule has 0 atom stereocenters. The summed E-state index contributed by atoms with van der Waals surface area (Å²) in [7, 11) is 0. The van der Waals surface area contributed by atoms with Crippen molar-refractivity contribution in [3.63, 3.8) is 0 Å². The van der Waals surface area contributed by atoms with E-state index < -0.39 is 5.41 Å². The molecule has 11 aromatic rings. The van der Waals surface area contributed by atoms with Crippen molar-refractivity contribution in [3.8, 4) is 44.5 Å². The molecule has 0 aliphatic heterocycles. The summed E-state index contributed by atoms with van der Waals surface area (Å²) in [6.07, 6.45) is 0. The van der Waals surface area contributed by atoms with Gasteiger partial charge in [0.15, 0.2) is 0 Å². The Kier molecular flexibility index (Phi) is 9.13. The highest BCUT2D eigenvalue weighted by Crippen LogP contribution is 2.57. The molecule has 0 spiro atoms. The molecule has 1 aliphatic carbocycles. The van der Waals surface area contributed by atoms with Crippen molar-refractivity contribution in [2.45, 2.75) is 5.41 Å². The molecular formula is C63H43N. The number of hydrogen-bond acceptors (Lipinski definition) is 1. The predicted molar refractivity (Wildman–Crippen MR) is 270 cm³/mol. The summed E-state index contributed by atoms with van der Waals surface area (Å²) < 4.78 is 0. The van der Waals surface area contributed by atoms with Crippen LogP contribution in [0.25, 0.3) is 66.1 Å². The molecule has 0 bridgehead atoms. The van der Waals surface area contributed by atoms with Gasteiger partial charge in [-0.15, -0.1) is 0 Å². The topological polar surface area (TPSA) is 3.24 Å². The summed E-state index contributed by atoms with van der Waals surface area (Å²) in [4.78, 5) is 2.41. The number of hydrogen-bond donors (Lipinski definition) is 0. The minimum absolute atomic E-state index is 0.498. The van der Waals surface area contributed by atoms with Crippen LogP contribution in [0.1, 0.15) is 22.3 Å². The summed E-state index contributed by atoms with van der Waals surface area (Å²) >= 11 is 0. The van der Waals surface area contributed by atoms with E-state index in [1.807, 2.05) is 0 Å². The molecule has 300 valence electrons. The molecule has 1 aliphatic rings. The molecule has 0 radical (unpaired) electrons. The van der Waals surface area contributed by atoms with Gasteiger partial charge in [-0.05, 0) is 131 Å². The Balaban J connectivity index is 0.973. The molecule has 11 aromatic carbocycles. The second kappa shape index (κ2) is 15.6. The minimum atomic E-state index is -0.498. The van der Waals surface area contributed by atoms with E-state index in [0.717, 1.165) is 17.1 Å². The van der Waals surface area contributed by atoms with Crippen LogP contribution >= 0.6 is 0 Å². The van der Waals surface area contributed by atoms with Crippen LogP contribution in [0.5, 0.6) is 0 Å². The van der Waals surface area contributed by atoms with Gasteiger partial charge >= 0.3 is 0 Å². The Bertz CT molecular complexity index is 3410. The Morgan fingerprint density at radius 2 is 0.688 bits per heavy atom. The zero-order valence-corrected chi connectivity index (χ0v) is 35.3. The number of nitrogens with zero attached hydrogens (tertiary/aromatic N) is 1. The van der Waals surface area contributed by atoms with E-state index in [2.05, 4.69) is 266 Å². The van der Waals surface area contributed by atoms with Crippen molar-refractivity contribution in [1.82, 2.24) is 0 Å². The van der Waals surface area contributed by atoms with Crippen LogP contribution < -0.4 is 4.90 Å². The van der Waals surface area contributed by atoms with Gasteiger partial charge in [-0.3, -0.25) is 0 Å². The summed E-state index contributed by atoms with van der Waals surface area (Å²) in [5, 5.41) is 5.11. The van der Waals surface area contributed by atoms with E-state index in [0.29, 0.717) is 0 Å². The van der Waals surface area contributed by atoms with E-state index in [9.17, 15) is 0 Å². The van der Waals surface area contributed by atoms with Gasteiger partial charge in [-0.1, -0.05) is 218 Å². The van der Waals surface area contributed by atoms with E-state index in [4.69, 9.17) is 0 Å². The van der Waals surface area contributed by atoms with Crippen LogP contribution in [-0.4, -0.2) is 0 Å². The van der Waals surface area contributed by atoms with Gasteiger partial charge in [-0.25, -0.2) is 0 Å². The second-order valence-electron chi connectivity index (χ2n) is 16.8. The molecule has 0 heterocycles. The Hall–Kier alpha value is -8.26. The summed E-state index contributed by atoms with van der Waals surface area (Å²) in [5.41, 5.74) is 17.7. The van der Waals surface area contributed by atoms with Gasteiger partial charge in [0.25, 0.3) is 0 Å². The first-order valence-electron chi connectivity index (χ1n) is 22.2. The Morgan fingerprint density at radius 3 is 1.31 bits per heavy atom. The molecule has 0 amide bonds. The number of fused-ring (bicyclic) bond motifs is 6. The zero-order chi connectivity index (χ0) is 42.5. The standard InChI is InChI=1S/C63H43N/c1-4-16-44(17-5-1)46-32-36-52(37-33-46)64(54-40-41-59-58-26-14-15-27-61(58)63(62(59)43-54,50-19-6-2-7-20-50)51-21-8-3-9-22-51)53-38-34-47(35-39-53)45-28-30-48(31-29-45)60-42-49-18-10-11-23-55(49)56-24-12-13-25-57(56)60/h1-43H. The maximum Gasteiger partial charge on any atom is 0.0714 e. The van der Waals surface area contributed by atoms with E-state index in [-0.39, 0.29) is 0 Å². The monoisotopic (exact) mass is 813 g/mol. The summed E-state index contributed by atoms with van der Waals surface area (Å²) in [5.74, 6) is 0. The average molecular weight is 814 g/mol. The van der Waals surface area contributed by atoms with Crippen LogP contribution in [0, 0.1) is 0 Å². The maximum atomic E-state index is 2.45. The van der Waals surface area contributed by atoms with Gasteiger partial charge < -0.3 is 4.90 Å². The number of benzene rings is 11. The predicted octanol–water partition coefficient (Wildman–Crippen LogP) is 16.8. The average Bonchev–Trinajstić information content (AvgIpc) is 3.68. The van der Waals surface area contributed by atoms with Crippen molar-refractivity contribution >= 4 is 38.6 Å². The first kappa shape index (κ1) is 37.5. The minimum Gasteiger partial charge on any atom is -0.310 e. The van der Waals surface area contributed by atoms with Crippen molar-refractivity contribution in [1.29, 1.82) is 0 Å². The quantitative estimate of drug-likeness (QED) is 0.138. The van der Waals surface area contributed by atoms with E-state index in [1.54, 1.807) is 0 Å². The Labute approximate surface area is 374 Å². The lowest BCUT2D eigenvalue weighted by atomic mass is 9.67. The van der Waals surface area contributed by atoms with Crippen molar-refractivity contribution in [2.24, 2.45) is 0 Å². The molecule has 1 heteroatoms. The molecule has 0 saturated carbocycles. The third-order valence-corrected chi connectivity index (χ3v) is 13.4. The number of rotatable bonds is 8. The van der Waals surface area contributed by atoms with Crippen LogP contribution in [-0.2, 0) is 5.41 Å². The summed E-state index contributed by atoms with van der Waals surface area (Å²) in [6, 6.07) is 95.7. The Morgan fingerprint density at radius 1 is 0.250 bits per heavy atom. The lowest BCUT2D eigenvalue weighted by Gasteiger charge is -2.35. The third kappa shape index (κ3) is 6.16. The largest absolute Gasteiger partial charge is 0.310 e. The second-order valence-corrected chi connectivity index (χ2v) is 16.8. The summed E-state index contributed by atoms with van der Waals surface area (Å²) in [6.45, 7) is 0. The fourth-order valence-electron chi connectivity index (χ4n) is 10.4. The van der Waals surface area contributed by atoms with Crippen molar-refractivity contribution in [2.75, 3.05) is 4.90 Å². The van der Waals surface area contributed by atoms with Crippen LogP contribution in [0.4, 0.5) is 17.1 Å². The van der Waals surface area contributed by atoms with E-state index in [1.165, 1.54) is 88.3 Å². The molecule has 0 aromatic heterocycles. The SMILES string of the molecule is c1ccc(-c2ccc(N(c3ccc(-c4ccc(-c5cc6ccccc6c6ccccc56)cc4)cc3)c3ccc4c(c3)C(c3ccccc3)(c3ccccc3)c3ccccc3-4)cc2)cc1. The van der Waals surface area contributed by atoms with E-state index >= 15 is 0 Å². The van der Waals surface area contributed by atoms with Crippen LogP contribution in [0.2, 0.25) is 0 Å². The first-order valence-corrected chi connectivity index (χ1v) is 22.2. The highest BCUT2D eigenvalue weighted by molar-refractivity contribution is 6.13. The normalized spacial score (nSPS) is 12.5. The number of anilines is 3. The molecule has 64 heavy (non-hydrogen) atoms. The third-order valence-electron chi connectivity index (χ3n) is 13.4. The highest BCUT2D eigenvalue weighted by atomic mass is 15.1. The van der Waals surface area contributed by atoms with Crippen molar-refractivity contribution < 1.29 is 0 Å². The lowest BCUT2D eigenvalue weighted by molar-refractivity contribution is 0.768. The van der Waals surface area contributed by atoms with Crippen LogP contribution in [0.3, 0.4) is 0 Å². The van der Waals surface area contributed by atoms with Gasteiger partial charge in [-0.2, -0.15) is 0 Å². The lowest BCUT2D eigenvalue weighted by Crippen LogP contribution is -2.28. The van der Waals surface area contributed by atoms with Gasteiger partial charge in [0.2, 0.25) is 0 Å². The highest BCUT2D eigenvalue weighted by Gasteiger charge is 2.46. The van der Waals surface area contributed by atoms with Gasteiger partial charge in [0.1, 0.15) is 0 Å². The molecular weight excluding hydrogens is 771 g/mol. The van der Waals surface area contributed by atoms with Crippen molar-refractivity contribution in [3.05, 3.63) is 283 Å². The maximum absolute atomic E-state index is 2.45. The van der Waals surface area contributed by atoms with Gasteiger partial charge in [0, 0.05) is 17.1 Å². The molecule has 0 saturated heterocycles. The smallest absolute Gasteiger partial charge is 0.0714 e. The first-order chi connectivity index (χ1) is 31.7. The molecule has 0 fully saturated rings. The fraction of sp³-hybridized carbons (Fsp3) is 0.0159. The van der Waals surface area contributed by atoms with Gasteiger partial charge in [0.05, 0.1) is 5.41 Å². The fourth-order valence-corrected chi connectivity index (χ4v) is 10.4.